The average molecular weight is 363 g/mol. The third-order valence-corrected chi connectivity index (χ3v) is 3.84. The molecule has 0 aliphatic rings. The molecule has 0 fully saturated rings. The van der Waals surface area contributed by atoms with Gasteiger partial charge in [0.1, 0.15) is 11.9 Å². The first kappa shape index (κ1) is 19.3. The molecule has 134 valence electrons. The van der Waals surface area contributed by atoms with E-state index in [1.54, 1.807) is 76.2 Å². The number of ether oxygens (including phenoxy) is 2. The second-order valence-corrected chi connectivity index (χ2v) is 7.03. The summed E-state index contributed by atoms with van der Waals surface area (Å²) < 4.78 is 10.9. The molecule has 2 rings (SSSR count). The fourth-order valence-electron chi connectivity index (χ4n) is 2.25. The van der Waals surface area contributed by atoms with E-state index in [-0.39, 0.29) is 6.10 Å². The molecule has 0 radical (unpaired) electrons. The molecule has 2 aromatic rings. The predicted octanol–water partition coefficient (Wildman–Crippen LogP) is 4.53. The number of hydrogen-bond donors (Lipinski definition) is 1. The summed E-state index contributed by atoms with van der Waals surface area (Å²) in [4.78, 5) is 12.1. The zero-order chi connectivity index (χ0) is 18.6. The SMILES string of the molecule is CC(C)OC(=O)C(C)(C)Oc1ccc([C@H](O)c2ccc(Cl)cc2)cc1. The fourth-order valence-corrected chi connectivity index (χ4v) is 2.37. The summed E-state index contributed by atoms with van der Waals surface area (Å²) in [5, 5.41) is 11.1. The van der Waals surface area contributed by atoms with Crippen LogP contribution >= 0.6 is 11.6 Å². The molecule has 25 heavy (non-hydrogen) atoms. The van der Waals surface area contributed by atoms with Crippen molar-refractivity contribution in [2.75, 3.05) is 0 Å². The lowest BCUT2D eigenvalue weighted by Gasteiger charge is -2.25. The Hall–Kier alpha value is -2.04. The molecule has 0 spiro atoms. The second-order valence-electron chi connectivity index (χ2n) is 6.59. The van der Waals surface area contributed by atoms with Crippen molar-refractivity contribution in [3.63, 3.8) is 0 Å². The van der Waals surface area contributed by atoms with Gasteiger partial charge in [-0.3, -0.25) is 0 Å². The van der Waals surface area contributed by atoms with Crippen molar-refractivity contribution in [2.45, 2.75) is 45.5 Å². The Morgan fingerprint density at radius 1 is 1.00 bits per heavy atom. The molecule has 4 nitrogen and oxygen atoms in total. The molecular formula is C20H23ClO4. The Labute approximate surface area is 153 Å². The fraction of sp³-hybridized carbons (Fsp3) is 0.350. The smallest absolute Gasteiger partial charge is 0.350 e. The first-order valence-corrected chi connectivity index (χ1v) is 8.50. The van der Waals surface area contributed by atoms with Gasteiger partial charge in [0, 0.05) is 5.02 Å². The molecule has 0 saturated carbocycles. The maximum absolute atomic E-state index is 12.1. The first-order chi connectivity index (χ1) is 11.7. The van der Waals surface area contributed by atoms with Crippen LogP contribution in [0.3, 0.4) is 0 Å². The summed E-state index contributed by atoms with van der Waals surface area (Å²) in [5.41, 5.74) is 0.372. The second kappa shape index (κ2) is 7.89. The lowest BCUT2D eigenvalue weighted by atomic mass is 10.0. The molecule has 0 aliphatic heterocycles. The van der Waals surface area contributed by atoms with Crippen LogP contribution in [-0.2, 0) is 9.53 Å². The quantitative estimate of drug-likeness (QED) is 0.767. The lowest BCUT2D eigenvalue weighted by Crippen LogP contribution is -2.40. The Morgan fingerprint density at radius 2 is 1.48 bits per heavy atom. The van der Waals surface area contributed by atoms with Crippen molar-refractivity contribution in [1.29, 1.82) is 0 Å². The van der Waals surface area contributed by atoms with Crippen molar-refractivity contribution in [3.8, 4) is 5.75 Å². The van der Waals surface area contributed by atoms with Gasteiger partial charge < -0.3 is 14.6 Å². The topological polar surface area (TPSA) is 55.8 Å². The highest BCUT2D eigenvalue weighted by molar-refractivity contribution is 6.30. The van der Waals surface area contributed by atoms with Crippen LogP contribution in [0.25, 0.3) is 0 Å². The van der Waals surface area contributed by atoms with E-state index in [0.717, 1.165) is 11.1 Å². The lowest BCUT2D eigenvalue weighted by molar-refractivity contribution is -0.163. The van der Waals surface area contributed by atoms with Gasteiger partial charge in [0.05, 0.1) is 6.10 Å². The largest absolute Gasteiger partial charge is 0.476 e. The van der Waals surface area contributed by atoms with Crippen LogP contribution in [0.15, 0.2) is 48.5 Å². The molecular weight excluding hydrogens is 340 g/mol. The van der Waals surface area contributed by atoms with Crippen LogP contribution in [-0.4, -0.2) is 22.8 Å². The average Bonchev–Trinajstić information content (AvgIpc) is 2.54. The van der Waals surface area contributed by atoms with Crippen molar-refractivity contribution in [2.24, 2.45) is 0 Å². The highest BCUT2D eigenvalue weighted by Gasteiger charge is 2.32. The molecule has 0 aliphatic carbocycles. The van der Waals surface area contributed by atoms with Crippen LogP contribution in [0.5, 0.6) is 5.75 Å². The van der Waals surface area contributed by atoms with Crippen molar-refractivity contribution >= 4 is 17.6 Å². The highest BCUT2D eigenvalue weighted by Crippen LogP contribution is 2.26. The molecule has 0 unspecified atom stereocenters. The Bertz CT molecular complexity index is 705. The van der Waals surface area contributed by atoms with Crippen molar-refractivity contribution < 1.29 is 19.4 Å². The third-order valence-electron chi connectivity index (χ3n) is 3.59. The van der Waals surface area contributed by atoms with Gasteiger partial charge in [-0.1, -0.05) is 35.9 Å². The standard InChI is InChI=1S/C20H23ClO4/c1-13(2)24-19(23)20(3,4)25-17-11-7-15(8-12-17)18(22)14-5-9-16(21)10-6-14/h5-13,18,22H,1-4H3/t18-/m1/s1. The van der Waals surface area contributed by atoms with E-state index in [2.05, 4.69) is 0 Å². The van der Waals surface area contributed by atoms with Crippen LogP contribution in [0.4, 0.5) is 0 Å². The van der Waals surface area contributed by atoms with Gasteiger partial charge >= 0.3 is 5.97 Å². The number of halogens is 1. The molecule has 1 N–H and O–H groups in total. The first-order valence-electron chi connectivity index (χ1n) is 8.12. The van der Waals surface area contributed by atoms with E-state index in [9.17, 15) is 9.90 Å². The van der Waals surface area contributed by atoms with E-state index in [4.69, 9.17) is 21.1 Å². The molecule has 0 heterocycles. The number of esters is 1. The van der Waals surface area contributed by atoms with Crippen molar-refractivity contribution in [3.05, 3.63) is 64.7 Å². The zero-order valence-electron chi connectivity index (χ0n) is 14.8. The monoisotopic (exact) mass is 362 g/mol. The summed E-state index contributed by atoms with van der Waals surface area (Å²) in [5.74, 6) is 0.102. The molecule has 0 saturated heterocycles. The maximum atomic E-state index is 12.1. The molecule has 0 aromatic heterocycles. The minimum absolute atomic E-state index is 0.202. The van der Waals surface area contributed by atoms with Crippen molar-refractivity contribution in [1.82, 2.24) is 0 Å². The molecule has 5 heteroatoms. The van der Waals surface area contributed by atoms with E-state index in [1.807, 2.05) is 0 Å². The van der Waals surface area contributed by atoms with Gasteiger partial charge in [-0.2, -0.15) is 0 Å². The minimum Gasteiger partial charge on any atom is -0.476 e. The maximum Gasteiger partial charge on any atom is 0.350 e. The zero-order valence-corrected chi connectivity index (χ0v) is 15.6. The van der Waals surface area contributed by atoms with Gasteiger partial charge in [0.15, 0.2) is 5.60 Å². The normalized spacial score (nSPS) is 12.8. The van der Waals surface area contributed by atoms with E-state index in [1.165, 1.54) is 0 Å². The van der Waals surface area contributed by atoms with Gasteiger partial charge in [-0.05, 0) is 63.1 Å². The number of aliphatic hydroxyl groups is 1. The van der Waals surface area contributed by atoms with Gasteiger partial charge in [-0.25, -0.2) is 4.79 Å². The number of carbonyl (C=O) groups is 1. The summed E-state index contributed by atoms with van der Waals surface area (Å²) in [7, 11) is 0. The van der Waals surface area contributed by atoms with Gasteiger partial charge in [-0.15, -0.1) is 0 Å². The van der Waals surface area contributed by atoms with Crippen LogP contribution in [0.1, 0.15) is 44.9 Å². The molecule has 0 bridgehead atoms. The number of aliphatic hydroxyl groups excluding tert-OH is 1. The van der Waals surface area contributed by atoms with E-state index < -0.39 is 17.7 Å². The number of rotatable bonds is 6. The molecule has 2 aromatic carbocycles. The Kier molecular flexibility index (Phi) is 6.09. The summed E-state index contributed by atoms with van der Waals surface area (Å²) >= 11 is 5.87. The predicted molar refractivity (Wildman–Crippen MR) is 97.9 cm³/mol. The summed E-state index contributed by atoms with van der Waals surface area (Å²) in [6, 6.07) is 14.0. The number of hydrogen-bond acceptors (Lipinski definition) is 4. The van der Waals surface area contributed by atoms with E-state index in [0.29, 0.717) is 10.8 Å². The Morgan fingerprint density at radius 3 is 1.96 bits per heavy atom. The highest BCUT2D eigenvalue weighted by atomic mass is 35.5. The molecule has 1 atom stereocenters. The number of carbonyl (C=O) groups excluding carboxylic acids is 1. The minimum atomic E-state index is -1.10. The van der Waals surface area contributed by atoms with Crippen LogP contribution in [0, 0.1) is 0 Å². The van der Waals surface area contributed by atoms with Gasteiger partial charge in [0.25, 0.3) is 0 Å². The van der Waals surface area contributed by atoms with Gasteiger partial charge in [0.2, 0.25) is 0 Å². The van der Waals surface area contributed by atoms with E-state index >= 15 is 0 Å². The summed E-state index contributed by atoms with van der Waals surface area (Å²) in [6.45, 7) is 6.91. The number of benzene rings is 2. The van der Waals surface area contributed by atoms with Crippen LogP contribution < -0.4 is 4.74 Å². The summed E-state index contributed by atoms with van der Waals surface area (Å²) in [6.07, 6.45) is -0.961. The molecule has 0 amide bonds. The van der Waals surface area contributed by atoms with Crippen LogP contribution in [0.2, 0.25) is 5.02 Å². The third kappa shape index (κ3) is 5.21. The Balaban J connectivity index is 2.09.